The number of aryl methyl sites for hydroxylation is 1. The van der Waals surface area contributed by atoms with Gasteiger partial charge in [-0.25, -0.2) is 9.97 Å². The predicted molar refractivity (Wildman–Crippen MR) is 85.7 cm³/mol. The monoisotopic (exact) mass is 311 g/mol. The summed E-state index contributed by atoms with van der Waals surface area (Å²) in [7, 11) is 2.01. The Kier molecular flexibility index (Phi) is 4.46. The number of aliphatic hydroxyl groups excluding tert-OH is 1. The summed E-state index contributed by atoms with van der Waals surface area (Å²) in [5.74, 6) is 0. The standard InChI is InChI=1S/C14H21N3OS2/c1-9-15-10(8-19-9)6-17(5)13-16-12(14(2,3)4)11(7-18)20-13/h8,18H,6-7H2,1-5H3. The first-order valence-corrected chi connectivity index (χ1v) is 8.24. The second kappa shape index (κ2) is 5.79. The van der Waals surface area contributed by atoms with Crippen LogP contribution in [0, 0.1) is 6.92 Å². The van der Waals surface area contributed by atoms with Crippen molar-refractivity contribution in [2.75, 3.05) is 11.9 Å². The normalized spacial score (nSPS) is 11.9. The summed E-state index contributed by atoms with van der Waals surface area (Å²) in [6.45, 7) is 9.16. The maximum absolute atomic E-state index is 9.51. The number of aliphatic hydroxyl groups is 1. The van der Waals surface area contributed by atoms with Crippen LogP contribution in [0.5, 0.6) is 0 Å². The second-order valence-corrected chi connectivity index (χ2v) is 8.01. The molecule has 2 aromatic heterocycles. The first-order chi connectivity index (χ1) is 9.31. The summed E-state index contributed by atoms with van der Waals surface area (Å²) in [6.07, 6.45) is 0. The van der Waals surface area contributed by atoms with E-state index in [2.05, 4.69) is 36.0 Å². The van der Waals surface area contributed by atoms with Crippen molar-refractivity contribution in [1.29, 1.82) is 0 Å². The van der Waals surface area contributed by atoms with E-state index in [0.29, 0.717) is 0 Å². The minimum atomic E-state index is -0.0507. The topological polar surface area (TPSA) is 49.2 Å². The van der Waals surface area contributed by atoms with Crippen LogP contribution in [0.4, 0.5) is 5.13 Å². The third kappa shape index (κ3) is 3.37. The molecular formula is C14H21N3OS2. The van der Waals surface area contributed by atoms with E-state index in [1.807, 2.05) is 14.0 Å². The average Bonchev–Trinajstić information content (AvgIpc) is 2.94. The molecule has 0 bridgehead atoms. The fraction of sp³-hybridized carbons (Fsp3) is 0.571. The molecule has 4 nitrogen and oxygen atoms in total. The maximum Gasteiger partial charge on any atom is 0.185 e. The number of hydrogen-bond donors (Lipinski definition) is 1. The minimum Gasteiger partial charge on any atom is -0.391 e. The van der Waals surface area contributed by atoms with Crippen LogP contribution >= 0.6 is 22.7 Å². The molecule has 0 aliphatic carbocycles. The number of aromatic nitrogens is 2. The Bertz CT molecular complexity index is 583. The Balaban J connectivity index is 2.22. The highest BCUT2D eigenvalue weighted by molar-refractivity contribution is 7.15. The van der Waals surface area contributed by atoms with E-state index < -0.39 is 0 Å². The minimum absolute atomic E-state index is 0.0495. The SMILES string of the molecule is Cc1nc(CN(C)c2nc(C(C)(C)C)c(CO)s2)cs1. The summed E-state index contributed by atoms with van der Waals surface area (Å²) < 4.78 is 0. The number of thiazole rings is 2. The molecule has 2 rings (SSSR count). The lowest BCUT2D eigenvalue weighted by Gasteiger charge is -2.17. The largest absolute Gasteiger partial charge is 0.391 e. The molecule has 6 heteroatoms. The van der Waals surface area contributed by atoms with E-state index in [4.69, 9.17) is 4.98 Å². The van der Waals surface area contributed by atoms with Crippen molar-refractivity contribution in [1.82, 2.24) is 9.97 Å². The van der Waals surface area contributed by atoms with Crippen molar-refractivity contribution in [3.05, 3.63) is 26.7 Å². The molecule has 0 saturated carbocycles. The Morgan fingerprint density at radius 3 is 2.45 bits per heavy atom. The average molecular weight is 311 g/mol. The smallest absolute Gasteiger partial charge is 0.185 e. The Labute approximate surface area is 128 Å². The van der Waals surface area contributed by atoms with Crippen molar-refractivity contribution < 1.29 is 5.11 Å². The predicted octanol–water partition coefficient (Wildman–Crippen LogP) is 3.33. The molecule has 20 heavy (non-hydrogen) atoms. The van der Waals surface area contributed by atoms with Crippen LogP contribution in [0.1, 0.15) is 42.0 Å². The third-order valence-electron chi connectivity index (χ3n) is 2.93. The zero-order chi connectivity index (χ0) is 14.9. The summed E-state index contributed by atoms with van der Waals surface area (Å²) in [5, 5.41) is 13.6. The number of anilines is 1. The highest BCUT2D eigenvalue weighted by Crippen LogP contribution is 2.33. The van der Waals surface area contributed by atoms with E-state index in [1.54, 1.807) is 22.7 Å². The van der Waals surface area contributed by atoms with Gasteiger partial charge in [-0.05, 0) is 6.92 Å². The molecule has 0 atom stereocenters. The number of rotatable bonds is 4. The zero-order valence-corrected chi connectivity index (χ0v) is 14.2. The molecule has 110 valence electrons. The van der Waals surface area contributed by atoms with Gasteiger partial charge < -0.3 is 10.0 Å². The molecule has 0 unspecified atom stereocenters. The van der Waals surface area contributed by atoms with Gasteiger partial charge in [0.1, 0.15) is 0 Å². The molecule has 2 heterocycles. The summed E-state index contributed by atoms with van der Waals surface area (Å²) in [6, 6.07) is 0. The summed E-state index contributed by atoms with van der Waals surface area (Å²) >= 11 is 3.22. The van der Waals surface area contributed by atoms with Gasteiger partial charge in [0.15, 0.2) is 5.13 Å². The molecule has 0 aliphatic heterocycles. The van der Waals surface area contributed by atoms with E-state index in [9.17, 15) is 5.11 Å². The van der Waals surface area contributed by atoms with E-state index in [1.165, 1.54) is 0 Å². The van der Waals surface area contributed by atoms with Gasteiger partial charge in [-0.3, -0.25) is 0 Å². The van der Waals surface area contributed by atoms with Crippen LogP contribution in [0.25, 0.3) is 0 Å². The quantitative estimate of drug-likeness (QED) is 0.941. The molecular weight excluding hydrogens is 290 g/mol. The van der Waals surface area contributed by atoms with Gasteiger partial charge >= 0.3 is 0 Å². The molecule has 2 aromatic rings. The van der Waals surface area contributed by atoms with E-state index in [0.717, 1.165) is 32.9 Å². The van der Waals surface area contributed by atoms with Crippen LogP contribution in [-0.4, -0.2) is 22.1 Å². The fourth-order valence-electron chi connectivity index (χ4n) is 1.99. The van der Waals surface area contributed by atoms with Gasteiger partial charge in [0.2, 0.25) is 0 Å². The lowest BCUT2D eigenvalue weighted by Crippen LogP contribution is -2.18. The summed E-state index contributed by atoms with van der Waals surface area (Å²) in [4.78, 5) is 12.2. The van der Waals surface area contributed by atoms with E-state index >= 15 is 0 Å². The molecule has 0 radical (unpaired) electrons. The van der Waals surface area contributed by atoms with Crippen molar-refractivity contribution >= 4 is 27.8 Å². The van der Waals surface area contributed by atoms with Crippen molar-refractivity contribution in [2.45, 2.75) is 46.3 Å². The molecule has 1 N–H and O–H groups in total. The highest BCUT2D eigenvalue weighted by atomic mass is 32.1. The molecule has 0 spiro atoms. The van der Waals surface area contributed by atoms with E-state index in [-0.39, 0.29) is 12.0 Å². The van der Waals surface area contributed by atoms with Gasteiger partial charge in [0, 0.05) is 17.8 Å². The Morgan fingerprint density at radius 2 is 2.00 bits per heavy atom. The second-order valence-electron chi connectivity index (χ2n) is 5.89. The Hall–Kier alpha value is -0.980. The van der Waals surface area contributed by atoms with Gasteiger partial charge in [0.25, 0.3) is 0 Å². The fourth-order valence-corrected chi connectivity index (χ4v) is 3.68. The number of nitrogens with zero attached hydrogens (tertiary/aromatic N) is 3. The first-order valence-electron chi connectivity index (χ1n) is 6.54. The molecule has 0 aliphatic rings. The van der Waals surface area contributed by atoms with Crippen LogP contribution in [-0.2, 0) is 18.6 Å². The third-order valence-corrected chi connectivity index (χ3v) is 4.91. The Morgan fingerprint density at radius 1 is 1.30 bits per heavy atom. The molecule has 0 fully saturated rings. The van der Waals surface area contributed by atoms with Crippen LogP contribution in [0.2, 0.25) is 0 Å². The molecule has 0 amide bonds. The van der Waals surface area contributed by atoms with Crippen molar-refractivity contribution in [3.8, 4) is 0 Å². The van der Waals surface area contributed by atoms with Gasteiger partial charge in [0.05, 0.1) is 34.4 Å². The lowest BCUT2D eigenvalue weighted by molar-refractivity contribution is 0.282. The summed E-state index contributed by atoms with van der Waals surface area (Å²) in [5.41, 5.74) is 2.00. The molecule has 0 aromatic carbocycles. The van der Waals surface area contributed by atoms with Crippen molar-refractivity contribution in [2.24, 2.45) is 0 Å². The van der Waals surface area contributed by atoms with Gasteiger partial charge in [-0.15, -0.1) is 11.3 Å². The van der Waals surface area contributed by atoms with Crippen LogP contribution < -0.4 is 4.90 Å². The number of hydrogen-bond acceptors (Lipinski definition) is 6. The van der Waals surface area contributed by atoms with Gasteiger partial charge in [-0.1, -0.05) is 32.1 Å². The lowest BCUT2D eigenvalue weighted by atomic mass is 9.91. The van der Waals surface area contributed by atoms with Crippen LogP contribution in [0.3, 0.4) is 0 Å². The van der Waals surface area contributed by atoms with Crippen molar-refractivity contribution in [3.63, 3.8) is 0 Å². The van der Waals surface area contributed by atoms with Gasteiger partial charge in [-0.2, -0.15) is 0 Å². The van der Waals surface area contributed by atoms with Crippen LogP contribution in [0.15, 0.2) is 5.38 Å². The first kappa shape index (κ1) is 15.4. The zero-order valence-electron chi connectivity index (χ0n) is 12.6. The maximum atomic E-state index is 9.51. The molecule has 0 saturated heterocycles. The highest BCUT2D eigenvalue weighted by Gasteiger charge is 2.24.